The predicted molar refractivity (Wildman–Crippen MR) is 76.0 cm³/mol. The van der Waals surface area contributed by atoms with Crippen LogP contribution in [0.3, 0.4) is 0 Å². The summed E-state index contributed by atoms with van der Waals surface area (Å²) >= 11 is 0. The van der Waals surface area contributed by atoms with Crippen LogP contribution in [0.4, 0.5) is 0 Å². The third-order valence-electron chi connectivity index (χ3n) is 3.97. The Labute approximate surface area is 113 Å². The Morgan fingerprint density at radius 1 is 1.37 bits per heavy atom. The molecular formula is C15H20N4. The van der Waals surface area contributed by atoms with Crippen molar-refractivity contribution in [2.24, 2.45) is 7.05 Å². The maximum absolute atomic E-state index is 4.84. The van der Waals surface area contributed by atoms with Gasteiger partial charge in [0.05, 0.1) is 17.6 Å². The van der Waals surface area contributed by atoms with E-state index in [1.165, 1.54) is 18.5 Å². The highest BCUT2D eigenvalue weighted by Crippen LogP contribution is 2.24. The second-order valence-electron chi connectivity index (χ2n) is 5.24. The van der Waals surface area contributed by atoms with Crippen LogP contribution in [0.2, 0.25) is 0 Å². The number of aromatic nitrogens is 3. The predicted octanol–water partition coefficient (Wildman–Crippen LogP) is 2.26. The lowest BCUT2D eigenvalue weighted by Gasteiger charge is -2.22. The summed E-state index contributed by atoms with van der Waals surface area (Å²) < 4.78 is 2.09. The minimum absolute atomic E-state index is 0.544. The normalized spacial score (nSPS) is 19.6. The first kappa shape index (κ1) is 12.4. The van der Waals surface area contributed by atoms with Crippen LogP contribution in [0.25, 0.3) is 11.4 Å². The Kier molecular flexibility index (Phi) is 3.34. The van der Waals surface area contributed by atoms with Crippen molar-refractivity contribution in [3.05, 3.63) is 35.9 Å². The zero-order valence-electron chi connectivity index (χ0n) is 11.6. The third-order valence-corrected chi connectivity index (χ3v) is 3.97. The molecule has 0 aliphatic carbocycles. The van der Waals surface area contributed by atoms with Gasteiger partial charge in [-0.15, -0.1) is 0 Å². The molecule has 0 amide bonds. The highest BCUT2D eigenvalue weighted by Gasteiger charge is 2.17. The fraction of sp³-hybridized carbons (Fsp3) is 0.467. The van der Waals surface area contributed by atoms with Crippen LogP contribution >= 0.6 is 0 Å². The smallest absolute Gasteiger partial charge is 0.105 e. The first-order chi connectivity index (χ1) is 9.25. The summed E-state index contributed by atoms with van der Waals surface area (Å²) in [5.41, 5.74) is 3.30. The molecule has 2 aromatic heterocycles. The van der Waals surface area contributed by atoms with Crippen LogP contribution in [-0.4, -0.2) is 27.6 Å². The van der Waals surface area contributed by atoms with Crippen LogP contribution in [0.1, 0.15) is 30.3 Å². The molecule has 1 fully saturated rings. The SMILES string of the molecule is Cc1ncc(-c2cccc(C3CCCNC3)n2)n1C. The van der Waals surface area contributed by atoms with Gasteiger partial charge in [0.1, 0.15) is 5.82 Å². The quantitative estimate of drug-likeness (QED) is 0.896. The number of imidazole rings is 1. The summed E-state index contributed by atoms with van der Waals surface area (Å²) in [7, 11) is 2.04. The van der Waals surface area contributed by atoms with E-state index in [2.05, 4.69) is 33.1 Å². The van der Waals surface area contributed by atoms with E-state index in [9.17, 15) is 0 Å². The number of hydrogen-bond donors (Lipinski definition) is 1. The Hall–Kier alpha value is -1.68. The molecule has 1 aliphatic heterocycles. The molecule has 0 bridgehead atoms. The molecular weight excluding hydrogens is 236 g/mol. The van der Waals surface area contributed by atoms with Crippen LogP contribution in [0, 0.1) is 6.92 Å². The molecule has 3 rings (SSSR count). The summed E-state index contributed by atoms with van der Waals surface area (Å²) in [6.07, 6.45) is 4.37. The molecule has 4 heteroatoms. The van der Waals surface area contributed by atoms with Gasteiger partial charge in [-0.2, -0.15) is 0 Å². The molecule has 1 aliphatic rings. The number of nitrogens with zero attached hydrogens (tertiary/aromatic N) is 3. The van der Waals surface area contributed by atoms with Crippen LogP contribution in [-0.2, 0) is 7.05 Å². The van der Waals surface area contributed by atoms with Crippen molar-refractivity contribution < 1.29 is 0 Å². The Morgan fingerprint density at radius 3 is 2.95 bits per heavy atom. The van der Waals surface area contributed by atoms with Crippen molar-refractivity contribution in [3.63, 3.8) is 0 Å². The first-order valence-corrected chi connectivity index (χ1v) is 6.92. The molecule has 100 valence electrons. The lowest BCUT2D eigenvalue weighted by molar-refractivity contribution is 0.455. The molecule has 1 atom stereocenters. The van der Waals surface area contributed by atoms with Crippen molar-refractivity contribution in [2.45, 2.75) is 25.7 Å². The van der Waals surface area contributed by atoms with Crippen molar-refractivity contribution in [1.29, 1.82) is 0 Å². The largest absolute Gasteiger partial charge is 0.330 e. The zero-order chi connectivity index (χ0) is 13.2. The van der Waals surface area contributed by atoms with E-state index in [4.69, 9.17) is 4.98 Å². The molecule has 0 radical (unpaired) electrons. The van der Waals surface area contributed by atoms with E-state index >= 15 is 0 Å². The van der Waals surface area contributed by atoms with E-state index in [-0.39, 0.29) is 0 Å². The van der Waals surface area contributed by atoms with E-state index in [1.54, 1.807) is 0 Å². The van der Waals surface area contributed by atoms with Gasteiger partial charge >= 0.3 is 0 Å². The van der Waals surface area contributed by atoms with Crippen molar-refractivity contribution in [3.8, 4) is 11.4 Å². The average Bonchev–Trinajstić information content (AvgIpc) is 2.80. The van der Waals surface area contributed by atoms with Gasteiger partial charge in [-0.3, -0.25) is 4.98 Å². The summed E-state index contributed by atoms with van der Waals surface area (Å²) in [5.74, 6) is 1.56. The fourth-order valence-electron chi connectivity index (χ4n) is 2.67. The molecule has 19 heavy (non-hydrogen) atoms. The third kappa shape index (κ3) is 2.40. The second-order valence-corrected chi connectivity index (χ2v) is 5.24. The molecule has 0 saturated carbocycles. The summed E-state index contributed by atoms with van der Waals surface area (Å²) in [5, 5.41) is 3.45. The highest BCUT2D eigenvalue weighted by molar-refractivity contribution is 5.54. The number of rotatable bonds is 2. The van der Waals surface area contributed by atoms with Gasteiger partial charge in [-0.25, -0.2) is 4.98 Å². The summed E-state index contributed by atoms with van der Waals surface area (Å²) in [4.78, 5) is 9.19. The Morgan fingerprint density at radius 2 is 2.26 bits per heavy atom. The number of hydrogen-bond acceptors (Lipinski definition) is 3. The molecule has 0 spiro atoms. The summed E-state index contributed by atoms with van der Waals surface area (Å²) in [6, 6.07) is 6.31. The van der Waals surface area contributed by atoms with Gasteiger partial charge in [0, 0.05) is 25.2 Å². The maximum Gasteiger partial charge on any atom is 0.105 e. The number of aryl methyl sites for hydroxylation is 1. The van der Waals surface area contributed by atoms with E-state index in [0.717, 1.165) is 30.3 Å². The average molecular weight is 256 g/mol. The van der Waals surface area contributed by atoms with Gasteiger partial charge in [0.2, 0.25) is 0 Å². The monoisotopic (exact) mass is 256 g/mol. The van der Waals surface area contributed by atoms with Gasteiger partial charge < -0.3 is 9.88 Å². The fourth-order valence-corrected chi connectivity index (χ4v) is 2.67. The number of pyridine rings is 1. The molecule has 0 aromatic carbocycles. The molecule has 1 N–H and O–H groups in total. The lowest BCUT2D eigenvalue weighted by Crippen LogP contribution is -2.28. The van der Waals surface area contributed by atoms with Gasteiger partial charge in [0.15, 0.2) is 0 Å². The van der Waals surface area contributed by atoms with Crippen LogP contribution in [0.15, 0.2) is 24.4 Å². The lowest BCUT2D eigenvalue weighted by atomic mass is 9.95. The number of nitrogens with one attached hydrogen (secondary N) is 1. The topological polar surface area (TPSA) is 42.7 Å². The molecule has 1 saturated heterocycles. The minimum Gasteiger partial charge on any atom is -0.330 e. The number of piperidine rings is 1. The van der Waals surface area contributed by atoms with Crippen LogP contribution in [0.5, 0.6) is 0 Å². The van der Waals surface area contributed by atoms with Crippen molar-refractivity contribution in [2.75, 3.05) is 13.1 Å². The molecule has 4 nitrogen and oxygen atoms in total. The zero-order valence-corrected chi connectivity index (χ0v) is 11.6. The van der Waals surface area contributed by atoms with Crippen molar-refractivity contribution in [1.82, 2.24) is 19.9 Å². The first-order valence-electron chi connectivity index (χ1n) is 6.92. The second kappa shape index (κ2) is 5.13. The van der Waals surface area contributed by atoms with Crippen LogP contribution < -0.4 is 5.32 Å². The van der Waals surface area contributed by atoms with Gasteiger partial charge in [-0.1, -0.05) is 6.07 Å². The van der Waals surface area contributed by atoms with Crippen molar-refractivity contribution >= 4 is 0 Å². The highest BCUT2D eigenvalue weighted by atomic mass is 15.1. The van der Waals surface area contributed by atoms with E-state index < -0.39 is 0 Å². The Bertz CT molecular complexity index is 567. The Balaban J connectivity index is 1.93. The van der Waals surface area contributed by atoms with Gasteiger partial charge in [-0.05, 0) is 38.4 Å². The molecule has 2 aromatic rings. The molecule has 3 heterocycles. The van der Waals surface area contributed by atoms with E-state index in [0.29, 0.717) is 5.92 Å². The minimum atomic E-state index is 0.544. The maximum atomic E-state index is 4.84. The van der Waals surface area contributed by atoms with Gasteiger partial charge in [0.25, 0.3) is 0 Å². The standard InChI is InChI=1S/C15H20N4/c1-11-17-10-15(19(11)2)14-7-3-6-13(18-14)12-5-4-8-16-9-12/h3,6-7,10,12,16H,4-5,8-9H2,1-2H3. The summed E-state index contributed by atoms with van der Waals surface area (Å²) in [6.45, 7) is 4.19. The van der Waals surface area contributed by atoms with E-state index in [1.807, 2.05) is 20.2 Å². The molecule has 1 unspecified atom stereocenters.